The Labute approximate surface area is 122 Å². The molecule has 0 unspecified atom stereocenters. The minimum atomic E-state index is -2.74. The third-order valence-electron chi connectivity index (χ3n) is 1.44. The van der Waals surface area contributed by atoms with Crippen LogP contribution in [-0.2, 0) is 14.0 Å². The van der Waals surface area contributed by atoms with Crippen molar-refractivity contribution < 1.29 is 23.8 Å². The number of ether oxygens (including phenoxy) is 2. The van der Waals surface area contributed by atoms with Crippen LogP contribution in [0.1, 0.15) is 19.8 Å². The Morgan fingerprint density at radius 2 is 1.47 bits per heavy atom. The topological polar surface area (TPSA) is 73.8 Å². The van der Waals surface area contributed by atoms with Crippen molar-refractivity contribution >= 4 is 46.3 Å². The molecule has 0 atom stereocenters. The molecule has 0 aromatic rings. The summed E-state index contributed by atoms with van der Waals surface area (Å²) in [7, 11) is -2.74. The minimum Gasteiger partial charge on any atom is -0.820 e. The van der Waals surface area contributed by atoms with Crippen LogP contribution in [0.5, 0.6) is 0 Å². The van der Waals surface area contributed by atoms with Gasteiger partial charge in [-0.1, -0.05) is 13.3 Å². The summed E-state index contributed by atoms with van der Waals surface area (Å²) in [6.07, 6.45) is 2.17. The summed E-state index contributed by atoms with van der Waals surface area (Å²) < 4.78 is 14.5. The summed E-state index contributed by atoms with van der Waals surface area (Å²) in [4.78, 5) is 19.9. The van der Waals surface area contributed by atoms with Crippen LogP contribution in [0.4, 0.5) is 0 Å². The van der Waals surface area contributed by atoms with E-state index in [1.165, 1.54) is 0 Å². The van der Waals surface area contributed by atoms with Crippen LogP contribution in [0.15, 0.2) is 0 Å². The third kappa shape index (κ3) is 18.1. The normalized spacial score (nSPS) is 10.4. The maximum Gasteiger partial charge on any atom is 2.00 e. The predicted octanol–water partition coefficient (Wildman–Crippen LogP) is -0.597. The zero-order valence-corrected chi connectivity index (χ0v) is 12.2. The molecule has 0 aliphatic rings. The number of unbranched alkanes of at least 4 members (excludes halogenated alkanes) is 1. The smallest absolute Gasteiger partial charge is 0.820 e. The molecule has 0 saturated heterocycles. The molecule has 15 heavy (non-hydrogen) atoms. The van der Waals surface area contributed by atoms with Crippen LogP contribution in [0.2, 0.25) is 0 Å². The summed E-state index contributed by atoms with van der Waals surface area (Å²) >= 11 is 0. The molecule has 0 fully saturated rings. The molecular weight excluding hydrogens is 247 g/mol. The van der Waals surface area contributed by atoms with E-state index >= 15 is 0 Å². The quantitative estimate of drug-likeness (QED) is 0.299. The van der Waals surface area contributed by atoms with Crippen LogP contribution in [0.25, 0.3) is 0 Å². The fourth-order valence-electron chi connectivity index (χ4n) is 0.739. The summed E-state index contributed by atoms with van der Waals surface area (Å²) in [5, 5.41) is 0. The van der Waals surface area contributed by atoms with E-state index in [2.05, 4.69) is 11.4 Å². The van der Waals surface area contributed by atoms with Gasteiger partial charge in [-0.25, -0.2) is 0 Å². The van der Waals surface area contributed by atoms with Crippen molar-refractivity contribution in [2.75, 3.05) is 33.0 Å². The summed E-state index contributed by atoms with van der Waals surface area (Å²) in [5.74, 6) is 0. The standard InChI is InChI=1S/C8H17O5P.Ca/c1-2-3-4-11-5-6-12-7-8-13-14(9)10;/h2-8H2,1H3;/q-2;+2. The maximum absolute atomic E-state index is 9.94. The van der Waals surface area contributed by atoms with E-state index in [1.54, 1.807) is 0 Å². The first-order valence-electron chi connectivity index (χ1n) is 4.70. The molecule has 7 heteroatoms. The predicted molar refractivity (Wildman–Crippen MR) is 55.2 cm³/mol. The van der Waals surface area contributed by atoms with E-state index in [1.807, 2.05) is 0 Å². The summed E-state index contributed by atoms with van der Waals surface area (Å²) in [6.45, 7) is 4.23. The molecule has 0 spiro atoms. The Kier molecular flexibility index (Phi) is 19.5. The van der Waals surface area contributed by atoms with E-state index in [0.29, 0.717) is 13.2 Å². The third-order valence-corrected chi connectivity index (χ3v) is 1.83. The van der Waals surface area contributed by atoms with E-state index in [4.69, 9.17) is 9.47 Å². The van der Waals surface area contributed by atoms with Gasteiger partial charge in [-0.3, -0.25) is 0 Å². The summed E-state index contributed by atoms with van der Waals surface area (Å²) in [5.41, 5.74) is 0. The zero-order chi connectivity index (χ0) is 10.6. The molecule has 0 saturated carbocycles. The van der Waals surface area contributed by atoms with E-state index in [-0.39, 0.29) is 51.0 Å². The van der Waals surface area contributed by atoms with Crippen molar-refractivity contribution in [3.63, 3.8) is 0 Å². The molecule has 0 aliphatic heterocycles. The van der Waals surface area contributed by atoms with Gasteiger partial charge in [0, 0.05) is 6.61 Å². The first-order chi connectivity index (χ1) is 6.77. The molecule has 0 aromatic heterocycles. The van der Waals surface area contributed by atoms with Gasteiger partial charge in [0.05, 0.1) is 26.4 Å². The van der Waals surface area contributed by atoms with Gasteiger partial charge in [0.25, 0.3) is 0 Å². The Morgan fingerprint density at radius 3 is 2.00 bits per heavy atom. The van der Waals surface area contributed by atoms with E-state index in [9.17, 15) is 9.79 Å². The van der Waals surface area contributed by atoms with Crippen molar-refractivity contribution in [2.45, 2.75) is 19.8 Å². The second-order valence-electron chi connectivity index (χ2n) is 2.64. The van der Waals surface area contributed by atoms with Gasteiger partial charge >= 0.3 is 37.7 Å². The van der Waals surface area contributed by atoms with Crippen LogP contribution in [0, 0.1) is 0 Å². The van der Waals surface area contributed by atoms with Gasteiger partial charge in [0.1, 0.15) is 0 Å². The molecule has 0 aromatic carbocycles. The van der Waals surface area contributed by atoms with Crippen LogP contribution >= 0.6 is 8.60 Å². The van der Waals surface area contributed by atoms with Crippen LogP contribution < -0.4 is 9.79 Å². The molecule has 0 aliphatic carbocycles. The first-order valence-corrected chi connectivity index (χ1v) is 5.79. The fraction of sp³-hybridized carbons (Fsp3) is 1.00. The monoisotopic (exact) mass is 264 g/mol. The van der Waals surface area contributed by atoms with Crippen LogP contribution in [0.3, 0.4) is 0 Å². The number of hydrogen-bond donors (Lipinski definition) is 0. The van der Waals surface area contributed by atoms with E-state index < -0.39 is 8.60 Å². The molecule has 0 N–H and O–H groups in total. The van der Waals surface area contributed by atoms with Crippen molar-refractivity contribution in [1.29, 1.82) is 0 Å². The van der Waals surface area contributed by atoms with Gasteiger partial charge in [-0.15, -0.1) is 0 Å². The van der Waals surface area contributed by atoms with Gasteiger partial charge in [0.15, 0.2) is 0 Å². The molecule has 0 rings (SSSR count). The SMILES string of the molecule is CCCCOCCOCCOP([O-])[O-].[Ca+2]. The van der Waals surface area contributed by atoms with Crippen molar-refractivity contribution in [3.05, 3.63) is 0 Å². The van der Waals surface area contributed by atoms with Crippen LogP contribution in [-0.4, -0.2) is 70.8 Å². The second kappa shape index (κ2) is 15.5. The van der Waals surface area contributed by atoms with Gasteiger partial charge in [0.2, 0.25) is 0 Å². The number of hydrogen-bond acceptors (Lipinski definition) is 5. The fourth-order valence-corrected chi connectivity index (χ4v) is 0.963. The second-order valence-corrected chi connectivity index (χ2v) is 3.34. The van der Waals surface area contributed by atoms with Crippen molar-refractivity contribution in [2.24, 2.45) is 0 Å². The Hall–Kier alpha value is 1.49. The molecular formula is C8H17CaO5P. The van der Waals surface area contributed by atoms with Crippen molar-refractivity contribution in [1.82, 2.24) is 0 Å². The first kappa shape index (κ1) is 18.8. The average Bonchev–Trinajstić information content (AvgIpc) is 2.15. The average molecular weight is 264 g/mol. The van der Waals surface area contributed by atoms with Gasteiger partial charge in [-0.2, -0.15) is 8.60 Å². The van der Waals surface area contributed by atoms with Gasteiger partial charge in [-0.05, 0) is 6.42 Å². The zero-order valence-electron chi connectivity index (χ0n) is 9.15. The Morgan fingerprint density at radius 1 is 0.933 bits per heavy atom. The summed E-state index contributed by atoms with van der Waals surface area (Å²) in [6, 6.07) is 0. The largest absolute Gasteiger partial charge is 2.00 e. The minimum absolute atomic E-state index is 0. The van der Waals surface area contributed by atoms with Gasteiger partial charge < -0.3 is 23.8 Å². The molecule has 5 nitrogen and oxygen atoms in total. The molecule has 86 valence electrons. The number of rotatable bonds is 10. The molecule has 0 amide bonds. The maximum atomic E-state index is 9.94. The molecule has 0 heterocycles. The molecule has 0 bridgehead atoms. The molecule has 0 radical (unpaired) electrons. The Balaban J connectivity index is 0. The van der Waals surface area contributed by atoms with Crippen molar-refractivity contribution in [3.8, 4) is 0 Å². The Bertz CT molecular complexity index is 117. The van der Waals surface area contributed by atoms with E-state index in [0.717, 1.165) is 19.4 Å².